The fraction of sp³-hybridized carbons (Fsp3) is 0.211. The molecule has 0 aliphatic carbocycles. The topological polar surface area (TPSA) is 8.81 Å². The minimum atomic E-state index is -4.37. The molecule has 0 N–H and O–H groups in total. The Labute approximate surface area is 158 Å². The Hall–Kier alpha value is -1.92. The number of hydrogen-bond acceptors (Lipinski definition) is 1. The van der Waals surface area contributed by atoms with E-state index >= 15 is 0 Å². The molecule has 1 aromatic heterocycles. The summed E-state index contributed by atoms with van der Waals surface area (Å²) in [6.45, 7) is 2.10. The van der Waals surface area contributed by atoms with Gasteiger partial charge in [-0.25, -0.2) is 4.57 Å². The average Bonchev–Trinajstić information content (AvgIpc) is 3.15. The van der Waals surface area contributed by atoms with E-state index in [1.807, 2.05) is 22.9 Å². The smallest absolute Gasteiger partial charge is 0.220 e. The Morgan fingerprint density at radius 3 is 2.58 bits per heavy atom. The number of hydrogen-bond donors (Lipinski definition) is 0. The van der Waals surface area contributed by atoms with Crippen molar-refractivity contribution in [2.45, 2.75) is 24.3 Å². The summed E-state index contributed by atoms with van der Waals surface area (Å²) in [6, 6.07) is 13.1. The molecule has 2 heterocycles. The molecule has 26 heavy (non-hydrogen) atoms. The third kappa shape index (κ3) is 3.01. The van der Waals surface area contributed by atoms with Gasteiger partial charge in [0.25, 0.3) is 0 Å². The largest absolute Gasteiger partial charge is 0.416 e. The van der Waals surface area contributed by atoms with E-state index in [1.165, 1.54) is 12.1 Å². The zero-order chi connectivity index (χ0) is 18.5. The highest BCUT2D eigenvalue weighted by Gasteiger charge is 2.36. The fourth-order valence-corrected chi connectivity index (χ4v) is 4.48. The van der Waals surface area contributed by atoms with Crippen molar-refractivity contribution in [2.24, 2.45) is 0 Å². The van der Waals surface area contributed by atoms with E-state index in [-0.39, 0.29) is 6.04 Å². The predicted molar refractivity (Wildman–Crippen MR) is 96.8 cm³/mol. The van der Waals surface area contributed by atoms with Crippen LogP contribution in [0.3, 0.4) is 0 Å². The minimum Gasteiger partial charge on any atom is -0.220 e. The van der Waals surface area contributed by atoms with Crippen molar-refractivity contribution in [1.82, 2.24) is 4.57 Å². The van der Waals surface area contributed by atoms with E-state index in [4.69, 9.17) is 11.6 Å². The van der Waals surface area contributed by atoms with Gasteiger partial charge in [0.15, 0.2) is 5.69 Å². The molecule has 1 unspecified atom stereocenters. The van der Waals surface area contributed by atoms with Crippen molar-refractivity contribution < 1.29 is 17.7 Å². The molecule has 0 bridgehead atoms. The molecule has 0 saturated heterocycles. The van der Waals surface area contributed by atoms with Crippen LogP contribution in [0, 0.1) is 0 Å². The van der Waals surface area contributed by atoms with E-state index in [0.717, 1.165) is 28.2 Å². The predicted octanol–water partition coefficient (Wildman–Crippen LogP) is 5.77. The lowest BCUT2D eigenvalue weighted by molar-refractivity contribution is -0.744. The number of aromatic nitrogens is 2. The molecule has 1 aliphatic heterocycles. The molecular formula is C19H15ClF3N2S+. The van der Waals surface area contributed by atoms with Gasteiger partial charge in [-0.15, -0.1) is 0 Å². The first-order valence-electron chi connectivity index (χ1n) is 8.08. The Morgan fingerprint density at radius 1 is 1.15 bits per heavy atom. The Morgan fingerprint density at radius 2 is 1.88 bits per heavy atom. The number of alkyl halides is 3. The molecule has 3 aromatic rings. The van der Waals surface area contributed by atoms with Crippen molar-refractivity contribution in [3.05, 3.63) is 65.3 Å². The number of nitrogens with zero attached hydrogens (tertiary/aromatic N) is 2. The first-order valence-corrected chi connectivity index (χ1v) is 9.44. The van der Waals surface area contributed by atoms with Crippen molar-refractivity contribution in [3.8, 4) is 16.9 Å². The van der Waals surface area contributed by atoms with Gasteiger partial charge in [0, 0.05) is 16.3 Å². The third-order valence-corrected chi connectivity index (χ3v) is 5.97. The van der Waals surface area contributed by atoms with Crippen LogP contribution in [0.15, 0.2) is 59.9 Å². The Bertz CT molecular complexity index is 964. The van der Waals surface area contributed by atoms with Crippen LogP contribution in [0.5, 0.6) is 0 Å². The van der Waals surface area contributed by atoms with Crippen molar-refractivity contribution >= 4 is 23.4 Å². The lowest BCUT2D eigenvalue weighted by atomic mass is 10.1. The molecule has 0 amide bonds. The summed E-state index contributed by atoms with van der Waals surface area (Å²) in [6.07, 6.45) is -2.37. The second-order valence-corrected chi connectivity index (χ2v) is 7.68. The summed E-state index contributed by atoms with van der Waals surface area (Å²) in [5.41, 5.74) is 1.59. The summed E-state index contributed by atoms with van der Waals surface area (Å²) < 4.78 is 43.6. The maximum atomic E-state index is 13.2. The highest BCUT2D eigenvalue weighted by molar-refractivity contribution is 7.99. The van der Waals surface area contributed by atoms with Gasteiger partial charge < -0.3 is 0 Å². The summed E-state index contributed by atoms with van der Waals surface area (Å²) in [5.74, 6) is 0.898. The molecule has 1 atom stereocenters. The average molecular weight is 396 g/mol. The highest BCUT2D eigenvalue weighted by atomic mass is 35.5. The van der Waals surface area contributed by atoms with Crippen LogP contribution in [0.2, 0.25) is 5.02 Å². The monoisotopic (exact) mass is 395 g/mol. The number of thioether (sulfide) groups is 1. The number of imidazole rings is 1. The fourth-order valence-electron chi connectivity index (χ4n) is 3.09. The highest BCUT2D eigenvalue weighted by Crippen LogP contribution is 2.36. The van der Waals surface area contributed by atoms with Gasteiger partial charge in [0.05, 0.1) is 5.56 Å². The van der Waals surface area contributed by atoms with Crippen LogP contribution in [-0.2, 0) is 6.18 Å². The standard InChI is InChI=1S/C19H15ClF3N2S/c1-12-11-26-18-24(12)10-17(13-5-7-15(20)8-6-13)25(18)16-4-2-3-14(9-16)19(21,22)23/h2-10,12H,11H2,1H3/q+1. The van der Waals surface area contributed by atoms with Crippen LogP contribution in [0.25, 0.3) is 16.9 Å². The quantitative estimate of drug-likeness (QED) is 0.500. The lowest BCUT2D eigenvalue weighted by Gasteiger charge is -2.09. The van der Waals surface area contributed by atoms with Gasteiger partial charge in [-0.3, -0.25) is 0 Å². The summed E-state index contributed by atoms with van der Waals surface area (Å²) >= 11 is 7.63. The van der Waals surface area contributed by atoms with Gasteiger partial charge in [-0.1, -0.05) is 17.7 Å². The summed E-state index contributed by atoms with van der Waals surface area (Å²) in [4.78, 5) is 0. The van der Waals surface area contributed by atoms with Crippen molar-refractivity contribution in [1.29, 1.82) is 0 Å². The molecule has 7 heteroatoms. The first kappa shape index (κ1) is 17.5. The van der Waals surface area contributed by atoms with Crippen LogP contribution in [-0.4, -0.2) is 10.3 Å². The SMILES string of the molecule is CC1CSc2n(-c3cccc(C(F)(F)F)c3)c(-c3ccc(Cl)cc3)c[n+]21. The number of rotatable bonds is 2. The summed E-state index contributed by atoms with van der Waals surface area (Å²) in [7, 11) is 0. The molecule has 2 aromatic carbocycles. The van der Waals surface area contributed by atoms with E-state index in [2.05, 4.69) is 11.5 Å². The zero-order valence-electron chi connectivity index (χ0n) is 13.8. The molecule has 4 rings (SSSR count). The van der Waals surface area contributed by atoms with Crippen molar-refractivity contribution in [2.75, 3.05) is 5.75 Å². The van der Waals surface area contributed by atoms with Gasteiger partial charge >= 0.3 is 11.3 Å². The number of benzene rings is 2. The minimum absolute atomic E-state index is 0.285. The lowest BCUT2D eigenvalue weighted by Crippen LogP contribution is -2.34. The Balaban J connectivity index is 1.93. The van der Waals surface area contributed by atoms with E-state index in [1.54, 1.807) is 30.0 Å². The maximum absolute atomic E-state index is 13.2. The number of halogens is 4. The van der Waals surface area contributed by atoms with Crippen LogP contribution in [0.1, 0.15) is 18.5 Å². The second kappa shape index (κ2) is 6.35. The Kier molecular flexibility index (Phi) is 4.28. The van der Waals surface area contributed by atoms with Crippen molar-refractivity contribution in [3.63, 3.8) is 0 Å². The summed E-state index contributed by atoms with van der Waals surface area (Å²) in [5, 5.41) is 1.55. The molecular weight excluding hydrogens is 381 g/mol. The molecule has 0 spiro atoms. The van der Waals surface area contributed by atoms with E-state index < -0.39 is 11.7 Å². The zero-order valence-corrected chi connectivity index (χ0v) is 15.4. The third-order valence-electron chi connectivity index (χ3n) is 4.41. The van der Waals surface area contributed by atoms with E-state index in [9.17, 15) is 13.2 Å². The van der Waals surface area contributed by atoms with Gasteiger partial charge in [0.2, 0.25) is 0 Å². The molecule has 0 fully saturated rings. The van der Waals surface area contributed by atoms with Gasteiger partial charge in [0.1, 0.15) is 17.9 Å². The van der Waals surface area contributed by atoms with Crippen LogP contribution in [0.4, 0.5) is 13.2 Å². The normalized spacial score (nSPS) is 16.7. The molecule has 134 valence electrons. The van der Waals surface area contributed by atoms with Crippen LogP contribution >= 0.6 is 23.4 Å². The van der Waals surface area contributed by atoms with Gasteiger partial charge in [-0.05, 0) is 61.2 Å². The maximum Gasteiger partial charge on any atom is 0.416 e. The van der Waals surface area contributed by atoms with Crippen LogP contribution < -0.4 is 4.57 Å². The molecule has 1 aliphatic rings. The number of fused-ring (bicyclic) bond motifs is 1. The van der Waals surface area contributed by atoms with E-state index in [0.29, 0.717) is 10.7 Å². The molecule has 2 nitrogen and oxygen atoms in total. The first-order chi connectivity index (χ1) is 12.3. The van der Waals surface area contributed by atoms with Gasteiger partial charge in [-0.2, -0.15) is 17.7 Å². The second-order valence-electron chi connectivity index (χ2n) is 6.25. The molecule has 0 saturated carbocycles. The molecule has 0 radical (unpaired) electrons.